The average Bonchev–Trinajstić information content (AvgIpc) is 2.57. The maximum atomic E-state index is 12.3. The van der Waals surface area contributed by atoms with Gasteiger partial charge in [0.2, 0.25) is 10.0 Å². The van der Waals surface area contributed by atoms with Gasteiger partial charge < -0.3 is 0 Å². The molecule has 1 N–H and O–H groups in total. The van der Waals surface area contributed by atoms with Gasteiger partial charge in [0.05, 0.1) is 17.0 Å². The predicted molar refractivity (Wildman–Crippen MR) is 111 cm³/mol. The summed E-state index contributed by atoms with van der Waals surface area (Å²) in [5, 5.41) is 4.48. The van der Waals surface area contributed by atoms with Crippen molar-refractivity contribution in [3.8, 4) is 0 Å². The smallest absolute Gasteiger partial charge is 0.260 e. The first kappa shape index (κ1) is 21.7. The summed E-state index contributed by atoms with van der Waals surface area (Å²) in [6, 6.07) is 6.52. The summed E-state index contributed by atoms with van der Waals surface area (Å²) in [5.41, 5.74) is 4.00. The molecule has 0 radical (unpaired) electrons. The molecule has 0 bridgehead atoms. The third kappa shape index (κ3) is 6.21. The molecule has 1 saturated carbocycles. The van der Waals surface area contributed by atoms with Crippen LogP contribution in [0.25, 0.3) is 0 Å². The molecule has 1 aromatic rings. The number of hydrogen-bond acceptors (Lipinski definition) is 4. The van der Waals surface area contributed by atoms with E-state index in [-0.39, 0.29) is 22.7 Å². The minimum absolute atomic E-state index is 0.266. The van der Waals surface area contributed by atoms with Gasteiger partial charge in [-0.25, -0.2) is 13.8 Å². The Kier molecular flexibility index (Phi) is 6.92. The van der Waals surface area contributed by atoms with Gasteiger partial charge in [-0.1, -0.05) is 44.5 Å². The van der Waals surface area contributed by atoms with E-state index in [2.05, 4.69) is 31.3 Å². The third-order valence-corrected chi connectivity index (χ3v) is 6.38. The van der Waals surface area contributed by atoms with Gasteiger partial charge in [-0.3, -0.25) is 9.10 Å². The number of hydrogen-bond donors (Lipinski definition) is 1. The number of amides is 1. The van der Waals surface area contributed by atoms with Crippen molar-refractivity contribution in [2.24, 2.45) is 16.4 Å². The second kappa shape index (κ2) is 8.61. The number of carbonyl (C=O) groups is 1. The van der Waals surface area contributed by atoms with Crippen LogP contribution in [0, 0.1) is 11.3 Å². The van der Waals surface area contributed by atoms with Gasteiger partial charge in [0.25, 0.3) is 5.91 Å². The maximum absolute atomic E-state index is 12.3. The molecule has 0 unspecified atom stereocenters. The van der Waals surface area contributed by atoms with Gasteiger partial charge in [-0.15, -0.1) is 0 Å². The molecule has 150 valence electrons. The Morgan fingerprint density at radius 3 is 2.37 bits per heavy atom. The number of hydrazone groups is 1. The fraction of sp³-hybridized carbons (Fsp3) is 0.579. The van der Waals surface area contributed by atoms with Crippen molar-refractivity contribution in [2.75, 3.05) is 17.1 Å². The number of rotatable bonds is 5. The summed E-state index contributed by atoms with van der Waals surface area (Å²) in [5.74, 6) is 0.152. The average molecular weight is 414 g/mol. The fourth-order valence-electron chi connectivity index (χ4n) is 3.27. The van der Waals surface area contributed by atoms with Gasteiger partial charge in [0.15, 0.2) is 0 Å². The molecule has 0 atom stereocenters. The molecule has 0 heterocycles. The number of benzene rings is 1. The standard InChI is InChI=1S/C19H28ClN3O3S/c1-19(2,3)14-9-11-15(12-10-14)21-22-18(24)13-23(27(4,25)26)17-8-6-5-7-16(17)20/h5-8,14H,9-13H2,1-4H3,(H,22,24). The molecular weight excluding hydrogens is 386 g/mol. The monoisotopic (exact) mass is 413 g/mol. The fourth-order valence-corrected chi connectivity index (χ4v) is 4.43. The van der Waals surface area contributed by atoms with Gasteiger partial charge in [-0.05, 0) is 49.1 Å². The van der Waals surface area contributed by atoms with Crippen molar-refractivity contribution < 1.29 is 13.2 Å². The highest BCUT2D eigenvalue weighted by Gasteiger charge is 2.28. The number of anilines is 1. The van der Waals surface area contributed by atoms with Crippen molar-refractivity contribution >= 4 is 38.9 Å². The van der Waals surface area contributed by atoms with Crippen LogP contribution in [0.2, 0.25) is 5.02 Å². The molecule has 1 aromatic carbocycles. The Morgan fingerprint density at radius 1 is 1.26 bits per heavy atom. The number of carbonyl (C=O) groups excluding carboxylic acids is 1. The quantitative estimate of drug-likeness (QED) is 0.745. The number of para-hydroxylation sites is 1. The third-order valence-electron chi connectivity index (χ3n) is 4.93. The van der Waals surface area contributed by atoms with Crippen LogP contribution in [-0.2, 0) is 14.8 Å². The first-order chi connectivity index (χ1) is 12.5. The van der Waals surface area contributed by atoms with Crippen LogP contribution in [0.1, 0.15) is 46.5 Å². The van der Waals surface area contributed by atoms with Crippen molar-refractivity contribution in [3.63, 3.8) is 0 Å². The highest BCUT2D eigenvalue weighted by Crippen LogP contribution is 2.36. The topological polar surface area (TPSA) is 78.8 Å². The molecule has 0 spiro atoms. The van der Waals surface area contributed by atoms with E-state index in [1.165, 1.54) is 0 Å². The van der Waals surface area contributed by atoms with Crippen molar-refractivity contribution in [2.45, 2.75) is 46.5 Å². The lowest BCUT2D eigenvalue weighted by molar-refractivity contribution is -0.119. The number of nitrogens with one attached hydrogen (secondary N) is 1. The van der Waals surface area contributed by atoms with E-state index < -0.39 is 15.9 Å². The molecule has 2 rings (SSSR count). The molecule has 27 heavy (non-hydrogen) atoms. The summed E-state index contributed by atoms with van der Waals surface area (Å²) in [7, 11) is -3.66. The Balaban J connectivity index is 2.00. The number of nitrogens with zero attached hydrogens (tertiary/aromatic N) is 2. The van der Waals surface area contributed by atoms with Crippen LogP contribution in [0.4, 0.5) is 5.69 Å². The molecule has 0 aromatic heterocycles. The van der Waals surface area contributed by atoms with Crippen molar-refractivity contribution in [1.82, 2.24) is 5.43 Å². The molecular formula is C19H28ClN3O3S. The van der Waals surface area contributed by atoms with E-state index in [1.807, 2.05) is 0 Å². The largest absolute Gasteiger partial charge is 0.271 e. The molecule has 1 fully saturated rings. The second-order valence-corrected chi connectivity index (χ2v) is 10.4. The van der Waals surface area contributed by atoms with E-state index in [0.717, 1.165) is 42.0 Å². The minimum Gasteiger partial charge on any atom is -0.271 e. The Hall–Kier alpha value is -1.60. The van der Waals surface area contributed by atoms with Crippen molar-refractivity contribution in [3.05, 3.63) is 29.3 Å². The highest BCUT2D eigenvalue weighted by atomic mass is 35.5. The molecule has 0 saturated heterocycles. The van der Waals surface area contributed by atoms with Crippen molar-refractivity contribution in [1.29, 1.82) is 0 Å². The van der Waals surface area contributed by atoms with Crippen LogP contribution in [0.5, 0.6) is 0 Å². The Morgan fingerprint density at radius 2 is 1.85 bits per heavy atom. The van der Waals surface area contributed by atoms with Crippen LogP contribution in [-0.4, -0.2) is 32.8 Å². The van der Waals surface area contributed by atoms with E-state index in [1.54, 1.807) is 24.3 Å². The first-order valence-electron chi connectivity index (χ1n) is 9.05. The van der Waals surface area contributed by atoms with Gasteiger partial charge in [0.1, 0.15) is 6.54 Å². The predicted octanol–water partition coefficient (Wildman–Crippen LogP) is 3.81. The normalized spacial score (nSPS) is 18.1. The van der Waals surface area contributed by atoms with E-state index >= 15 is 0 Å². The van der Waals surface area contributed by atoms with Crippen LogP contribution in [0.3, 0.4) is 0 Å². The van der Waals surface area contributed by atoms with Crippen LogP contribution >= 0.6 is 11.6 Å². The number of sulfonamides is 1. The molecule has 6 nitrogen and oxygen atoms in total. The molecule has 1 amide bonds. The minimum atomic E-state index is -3.66. The van der Waals surface area contributed by atoms with Gasteiger partial charge >= 0.3 is 0 Å². The Bertz CT molecular complexity index is 806. The van der Waals surface area contributed by atoms with Crippen LogP contribution < -0.4 is 9.73 Å². The number of halogens is 1. The summed E-state index contributed by atoms with van der Waals surface area (Å²) < 4.78 is 25.2. The SMILES string of the molecule is CC(C)(C)C1CCC(=NNC(=O)CN(c2ccccc2Cl)S(C)(=O)=O)CC1. The van der Waals surface area contributed by atoms with Crippen LogP contribution in [0.15, 0.2) is 29.4 Å². The zero-order valence-electron chi connectivity index (χ0n) is 16.3. The molecule has 1 aliphatic carbocycles. The molecule has 8 heteroatoms. The summed E-state index contributed by atoms with van der Waals surface area (Å²) in [6.45, 7) is 6.37. The maximum Gasteiger partial charge on any atom is 0.260 e. The molecule has 0 aliphatic heterocycles. The first-order valence-corrected chi connectivity index (χ1v) is 11.3. The van der Waals surface area contributed by atoms with Gasteiger partial charge in [-0.2, -0.15) is 5.10 Å². The summed E-state index contributed by atoms with van der Waals surface area (Å²) >= 11 is 6.09. The lowest BCUT2D eigenvalue weighted by Crippen LogP contribution is -2.39. The summed E-state index contributed by atoms with van der Waals surface area (Å²) in [4.78, 5) is 12.3. The lowest BCUT2D eigenvalue weighted by Gasteiger charge is -2.34. The van der Waals surface area contributed by atoms with E-state index in [9.17, 15) is 13.2 Å². The van der Waals surface area contributed by atoms with Gasteiger partial charge in [0, 0.05) is 5.71 Å². The summed E-state index contributed by atoms with van der Waals surface area (Å²) in [6.07, 6.45) is 4.84. The molecule has 1 aliphatic rings. The zero-order valence-corrected chi connectivity index (χ0v) is 17.9. The Labute approximate surface area is 167 Å². The second-order valence-electron chi connectivity index (χ2n) is 8.07. The zero-order chi connectivity index (χ0) is 20.2. The van der Waals surface area contributed by atoms with E-state index in [4.69, 9.17) is 11.6 Å². The lowest BCUT2D eigenvalue weighted by atomic mass is 9.72. The van der Waals surface area contributed by atoms with E-state index in [0.29, 0.717) is 5.92 Å². The highest BCUT2D eigenvalue weighted by molar-refractivity contribution is 7.92.